The van der Waals surface area contributed by atoms with Gasteiger partial charge in [-0.05, 0) is 18.9 Å². The van der Waals surface area contributed by atoms with Crippen LogP contribution in [0.1, 0.15) is 12.8 Å². The van der Waals surface area contributed by atoms with Crippen molar-refractivity contribution < 1.29 is 0 Å². The maximum atomic E-state index is 3.09. The van der Waals surface area contributed by atoms with Gasteiger partial charge >= 0.3 is 0 Å². The van der Waals surface area contributed by atoms with E-state index >= 15 is 0 Å². The fraction of sp³-hybridized carbons (Fsp3) is 0.250. The molecule has 1 aliphatic rings. The lowest BCUT2D eigenvalue weighted by atomic mass is 10.2. The van der Waals surface area contributed by atoms with E-state index in [4.69, 9.17) is 0 Å². The summed E-state index contributed by atoms with van der Waals surface area (Å²) < 4.78 is 0. The molecule has 0 spiro atoms. The lowest BCUT2D eigenvalue weighted by Gasteiger charge is -1.84. The van der Waals surface area contributed by atoms with Gasteiger partial charge < -0.3 is 0 Å². The van der Waals surface area contributed by atoms with E-state index in [0.29, 0.717) is 0 Å². The summed E-state index contributed by atoms with van der Waals surface area (Å²) in [5.41, 5.74) is 0. The van der Waals surface area contributed by atoms with Crippen LogP contribution in [0.4, 0.5) is 0 Å². The zero-order chi connectivity index (χ0) is 5.66. The third kappa shape index (κ3) is 1.78. The van der Waals surface area contributed by atoms with Gasteiger partial charge in [-0.25, -0.2) is 0 Å². The second-order valence-corrected chi connectivity index (χ2v) is 1.71. The molecule has 0 N–H and O–H groups in total. The normalized spacial score (nSPS) is 18.0. The average molecular weight is 105 g/mol. The van der Waals surface area contributed by atoms with Crippen molar-refractivity contribution in [3.63, 3.8) is 0 Å². The van der Waals surface area contributed by atoms with Crippen LogP contribution in [-0.4, -0.2) is 0 Å². The minimum atomic E-state index is 0.963. The minimum Gasteiger partial charge on any atom is -0.0844 e. The molecular formula is C8H9. The molecule has 0 heterocycles. The first-order valence-electron chi connectivity index (χ1n) is 2.87. The first-order chi connectivity index (χ1) is 4.00. The first-order valence-corrected chi connectivity index (χ1v) is 2.87. The van der Waals surface area contributed by atoms with Crippen molar-refractivity contribution in [1.82, 2.24) is 0 Å². The van der Waals surface area contributed by atoms with E-state index in [0.717, 1.165) is 12.8 Å². The SMILES string of the molecule is [C]1=CC=CCC=CC1. The van der Waals surface area contributed by atoms with Crippen molar-refractivity contribution in [3.8, 4) is 0 Å². The van der Waals surface area contributed by atoms with Crippen LogP contribution < -0.4 is 0 Å². The van der Waals surface area contributed by atoms with Crippen molar-refractivity contribution in [2.24, 2.45) is 0 Å². The standard InChI is InChI=1S/C8H9/c1-2-4-6-8-7-5-3-1/h1-3,6,8H,4,7H2. The van der Waals surface area contributed by atoms with Crippen LogP contribution in [-0.2, 0) is 0 Å². The van der Waals surface area contributed by atoms with Gasteiger partial charge in [-0.3, -0.25) is 0 Å². The van der Waals surface area contributed by atoms with E-state index in [1.165, 1.54) is 0 Å². The second kappa shape index (κ2) is 3.25. The molecule has 8 heavy (non-hydrogen) atoms. The quantitative estimate of drug-likeness (QED) is 0.414. The molecule has 1 aliphatic carbocycles. The highest BCUT2D eigenvalue weighted by molar-refractivity contribution is 5.06. The molecule has 41 valence electrons. The lowest BCUT2D eigenvalue weighted by molar-refractivity contribution is 1.26. The van der Waals surface area contributed by atoms with E-state index in [1.54, 1.807) is 0 Å². The number of allylic oxidation sites excluding steroid dienone is 6. The number of hydrogen-bond donors (Lipinski definition) is 0. The summed E-state index contributed by atoms with van der Waals surface area (Å²) in [6.07, 6.45) is 15.5. The van der Waals surface area contributed by atoms with Crippen LogP contribution in [0.25, 0.3) is 0 Å². The monoisotopic (exact) mass is 105 g/mol. The zero-order valence-corrected chi connectivity index (χ0v) is 4.80. The van der Waals surface area contributed by atoms with Crippen LogP contribution in [0.15, 0.2) is 30.4 Å². The van der Waals surface area contributed by atoms with E-state index < -0.39 is 0 Å². The predicted molar refractivity (Wildman–Crippen MR) is 35.3 cm³/mol. The lowest BCUT2D eigenvalue weighted by Crippen LogP contribution is -1.65. The fourth-order valence-electron chi connectivity index (χ4n) is 0.609. The van der Waals surface area contributed by atoms with Crippen LogP contribution >= 0.6 is 0 Å². The van der Waals surface area contributed by atoms with E-state index in [2.05, 4.69) is 24.3 Å². The molecule has 0 fully saturated rings. The van der Waals surface area contributed by atoms with Gasteiger partial charge in [0.1, 0.15) is 0 Å². The molecule has 0 aliphatic heterocycles. The molecule has 0 aromatic rings. The predicted octanol–water partition coefficient (Wildman–Crippen LogP) is 2.25. The molecule has 0 unspecified atom stereocenters. The Bertz CT molecular complexity index is 111. The third-order valence-corrected chi connectivity index (χ3v) is 1.02. The van der Waals surface area contributed by atoms with Crippen LogP contribution in [0.2, 0.25) is 0 Å². The van der Waals surface area contributed by atoms with Gasteiger partial charge in [-0.15, -0.1) is 0 Å². The Labute approximate surface area is 50.2 Å². The van der Waals surface area contributed by atoms with E-state index in [1.807, 2.05) is 12.2 Å². The largest absolute Gasteiger partial charge is 0.0844 e. The van der Waals surface area contributed by atoms with Crippen molar-refractivity contribution in [3.05, 3.63) is 36.5 Å². The van der Waals surface area contributed by atoms with E-state index in [-0.39, 0.29) is 0 Å². The van der Waals surface area contributed by atoms with Crippen molar-refractivity contribution in [2.45, 2.75) is 12.8 Å². The van der Waals surface area contributed by atoms with Gasteiger partial charge in [0.05, 0.1) is 0 Å². The Balaban J connectivity index is 2.51. The summed E-state index contributed by atoms with van der Waals surface area (Å²) in [7, 11) is 0. The molecule has 1 rings (SSSR count). The molecule has 0 aromatic carbocycles. The molecule has 0 atom stereocenters. The summed E-state index contributed by atoms with van der Waals surface area (Å²) in [5, 5.41) is 0. The fourth-order valence-corrected chi connectivity index (χ4v) is 0.609. The molecular weight excluding hydrogens is 96.1 g/mol. The highest BCUT2D eigenvalue weighted by Crippen LogP contribution is 1.94. The van der Waals surface area contributed by atoms with Crippen LogP contribution in [0, 0.1) is 6.08 Å². The highest BCUT2D eigenvalue weighted by Gasteiger charge is 1.74. The van der Waals surface area contributed by atoms with Gasteiger partial charge in [0.25, 0.3) is 0 Å². The van der Waals surface area contributed by atoms with Crippen LogP contribution in [0.5, 0.6) is 0 Å². The van der Waals surface area contributed by atoms with Crippen molar-refractivity contribution >= 4 is 0 Å². The Kier molecular flexibility index (Phi) is 2.18. The summed E-state index contributed by atoms with van der Waals surface area (Å²) in [6.45, 7) is 0. The summed E-state index contributed by atoms with van der Waals surface area (Å²) >= 11 is 0. The highest BCUT2D eigenvalue weighted by atomic mass is 13.8. The maximum Gasteiger partial charge on any atom is -0.00945 e. The van der Waals surface area contributed by atoms with Gasteiger partial charge in [-0.2, -0.15) is 0 Å². The topological polar surface area (TPSA) is 0 Å². The molecule has 0 amide bonds. The molecule has 0 bridgehead atoms. The molecule has 0 nitrogen and oxygen atoms in total. The summed E-state index contributed by atoms with van der Waals surface area (Å²) in [6, 6.07) is 0. The minimum absolute atomic E-state index is 0.963. The Morgan fingerprint density at radius 3 is 3.12 bits per heavy atom. The molecule has 0 heteroatoms. The maximum absolute atomic E-state index is 3.09. The molecule has 1 radical (unpaired) electrons. The number of rotatable bonds is 0. The molecule has 0 aromatic heterocycles. The van der Waals surface area contributed by atoms with Gasteiger partial charge in [-0.1, -0.05) is 30.4 Å². The molecule has 0 saturated heterocycles. The Morgan fingerprint density at radius 1 is 1.12 bits per heavy atom. The van der Waals surface area contributed by atoms with Crippen molar-refractivity contribution in [2.75, 3.05) is 0 Å². The Hall–Kier alpha value is -0.780. The summed E-state index contributed by atoms with van der Waals surface area (Å²) in [5.74, 6) is 0. The second-order valence-electron chi connectivity index (χ2n) is 1.71. The summed E-state index contributed by atoms with van der Waals surface area (Å²) in [4.78, 5) is 0. The third-order valence-electron chi connectivity index (χ3n) is 1.02. The molecule has 0 saturated carbocycles. The Morgan fingerprint density at radius 2 is 2.12 bits per heavy atom. The van der Waals surface area contributed by atoms with E-state index in [9.17, 15) is 0 Å². The van der Waals surface area contributed by atoms with Crippen molar-refractivity contribution in [1.29, 1.82) is 0 Å². The smallest absolute Gasteiger partial charge is 0.00945 e. The van der Waals surface area contributed by atoms with Gasteiger partial charge in [0.15, 0.2) is 0 Å². The first kappa shape index (κ1) is 5.36. The van der Waals surface area contributed by atoms with Crippen LogP contribution in [0.3, 0.4) is 0 Å². The van der Waals surface area contributed by atoms with Gasteiger partial charge in [0.2, 0.25) is 0 Å². The average Bonchev–Trinajstić information content (AvgIpc) is 1.62. The number of hydrogen-bond acceptors (Lipinski definition) is 0. The zero-order valence-electron chi connectivity index (χ0n) is 4.80. The van der Waals surface area contributed by atoms with Gasteiger partial charge in [0, 0.05) is 0 Å².